The highest BCUT2D eigenvalue weighted by Crippen LogP contribution is 2.40. The first kappa shape index (κ1) is 19.6. The van der Waals surface area contributed by atoms with Crippen LogP contribution in [0.15, 0.2) is 36.9 Å². The molecule has 2 aliphatic rings. The molecular formula is C21H27N5O3. The molecule has 0 aliphatic carbocycles. The Morgan fingerprint density at radius 2 is 1.97 bits per heavy atom. The Bertz CT molecular complexity index is 860. The lowest BCUT2D eigenvalue weighted by Gasteiger charge is -2.52. The van der Waals surface area contributed by atoms with E-state index in [4.69, 9.17) is 4.74 Å². The number of methoxy groups -OCH3 is 1. The fraction of sp³-hybridized carbons (Fsp3) is 0.524. The topological polar surface area (TPSA) is 80.6 Å². The molecule has 2 aliphatic heterocycles. The van der Waals surface area contributed by atoms with Crippen molar-refractivity contribution in [3.8, 4) is 0 Å². The van der Waals surface area contributed by atoms with Crippen molar-refractivity contribution in [2.45, 2.75) is 50.9 Å². The number of carbonyl (C=O) groups is 2. The van der Waals surface area contributed by atoms with Gasteiger partial charge in [-0.1, -0.05) is 0 Å². The number of nitrogens with zero attached hydrogens (tertiary/aromatic N) is 5. The highest BCUT2D eigenvalue weighted by atomic mass is 16.5. The Labute approximate surface area is 170 Å². The van der Waals surface area contributed by atoms with Crippen LogP contribution >= 0.6 is 0 Å². The zero-order valence-electron chi connectivity index (χ0n) is 16.9. The minimum absolute atomic E-state index is 0.0353. The van der Waals surface area contributed by atoms with E-state index in [0.29, 0.717) is 26.1 Å². The smallest absolute Gasteiger partial charge is 0.255 e. The van der Waals surface area contributed by atoms with Crippen LogP contribution in [0, 0.1) is 6.92 Å². The molecule has 2 amide bonds. The van der Waals surface area contributed by atoms with E-state index in [0.717, 1.165) is 24.0 Å². The fourth-order valence-electron chi connectivity index (χ4n) is 4.37. The molecule has 4 rings (SSSR count). The maximum Gasteiger partial charge on any atom is 0.255 e. The summed E-state index contributed by atoms with van der Waals surface area (Å²) in [6.45, 7) is 3.93. The first-order valence-electron chi connectivity index (χ1n) is 10.1. The predicted molar refractivity (Wildman–Crippen MR) is 106 cm³/mol. The number of rotatable bonds is 6. The highest BCUT2D eigenvalue weighted by molar-refractivity contribution is 5.89. The quantitative estimate of drug-likeness (QED) is 0.691. The van der Waals surface area contributed by atoms with Gasteiger partial charge in [-0.25, -0.2) is 0 Å². The Morgan fingerprint density at radius 1 is 1.24 bits per heavy atom. The summed E-state index contributed by atoms with van der Waals surface area (Å²) in [7, 11) is 1.58. The summed E-state index contributed by atoms with van der Waals surface area (Å²) in [6, 6.07) is 3.92. The van der Waals surface area contributed by atoms with Gasteiger partial charge in [0.1, 0.15) is 0 Å². The fourth-order valence-corrected chi connectivity index (χ4v) is 4.37. The van der Waals surface area contributed by atoms with Crippen LogP contribution in [-0.2, 0) is 20.9 Å². The van der Waals surface area contributed by atoms with Gasteiger partial charge in [0.25, 0.3) is 5.91 Å². The summed E-state index contributed by atoms with van der Waals surface area (Å²) in [6.07, 6.45) is 8.81. The van der Waals surface area contributed by atoms with Crippen molar-refractivity contribution in [2.75, 3.05) is 20.2 Å². The lowest BCUT2D eigenvalue weighted by Crippen LogP contribution is -2.64. The van der Waals surface area contributed by atoms with Gasteiger partial charge >= 0.3 is 0 Å². The molecular weight excluding hydrogens is 370 g/mol. The molecule has 0 bridgehead atoms. The number of piperidine rings is 1. The molecule has 2 aromatic rings. The van der Waals surface area contributed by atoms with Crippen LogP contribution in [0.4, 0.5) is 0 Å². The summed E-state index contributed by atoms with van der Waals surface area (Å²) in [4.78, 5) is 33.1. The van der Waals surface area contributed by atoms with Gasteiger partial charge in [0.05, 0.1) is 12.2 Å². The monoisotopic (exact) mass is 397 g/mol. The van der Waals surface area contributed by atoms with Gasteiger partial charge in [-0.2, -0.15) is 5.10 Å². The normalized spacial score (nSPS) is 22.6. The second-order valence-corrected chi connectivity index (χ2v) is 7.77. The maximum absolute atomic E-state index is 12.6. The Hall–Kier alpha value is -2.74. The second-order valence-electron chi connectivity index (χ2n) is 7.77. The van der Waals surface area contributed by atoms with Crippen LogP contribution in [0.2, 0.25) is 0 Å². The number of β-lactam (4-membered cyclic amide) rings is 1. The van der Waals surface area contributed by atoms with Crippen LogP contribution in [0.5, 0.6) is 0 Å². The van der Waals surface area contributed by atoms with E-state index in [-0.39, 0.29) is 23.9 Å². The SMILES string of the molecule is CO[C@H]1C(=O)N(C2CCN(C(=O)CCn3cc(C)cn3)CC2)[C@H]1c1ccncc1. The number of carbonyl (C=O) groups excluding carboxylic acids is 2. The van der Waals surface area contributed by atoms with Gasteiger partial charge in [0.2, 0.25) is 5.91 Å². The lowest BCUT2D eigenvalue weighted by molar-refractivity contribution is -0.178. The van der Waals surface area contributed by atoms with Gasteiger partial charge in [0.15, 0.2) is 6.10 Å². The first-order valence-corrected chi connectivity index (χ1v) is 10.1. The number of ether oxygens (including phenoxy) is 1. The van der Waals surface area contributed by atoms with Crippen molar-refractivity contribution in [2.24, 2.45) is 0 Å². The number of likely N-dealkylation sites (tertiary alicyclic amines) is 2. The van der Waals surface area contributed by atoms with Crippen molar-refractivity contribution in [3.05, 3.63) is 48.0 Å². The van der Waals surface area contributed by atoms with Crippen LogP contribution in [0.3, 0.4) is 0 Å². The summed E-state index contributed by atoms with van der Waals surface area (Å²) < 4.78 is 7.25. The predicted octanol–water partition coefficient (Wildman–Crippen LogP) is 1.57. The van der Waals surface area contributed by atoms with Gasteiger partial charge in [-0.05, 0) is 43.0 Å². The largest absolute Gasteiger partial charge is 0.369 e. The van der Waals surface area contributed by atoms with Crippen molar-refractivity contribution < 1.29 is 14.3 Å². The van der Waals surface area contributed by atoms with E-state index in [1.54, 1.807) is 25.7 Å². The van der Waals surface area contributed by atoms with Gasteiger partial charge < -0.3 is 14.5 Å². The van der Waals surface area contributed by atoms with Gasteiger partial charge in [-0.3, -0.25) is 19.3 Å². The van der Waals surface area contributed by atoms with Crippen LogP contribution in [0.25, 0.3) is 0 Å². The van der Waals surface area contributed by atoms with E-state index in [1.165, 1.54) is 0 Å². The number of pyridine rings is 1. The zero-order valence-corrected chi connectivity index (χ0v) is 16.9. The Kier molecular flexibility index (Phi) is 5.62. The molecule has 2 saturated heterocycles. The molecule has 154 valence electrons. The maximum atomic E-state index is 12.6. The summed E-state index contributed by atoms with van der Waals surface area (Å²) in [5.41, 5.74) is 2.13. The van der Waals surface area contributed by atoms with Crippen LogP contribution < -0.4 is 0 Å². The molecule has 0 radical (unpaired) electrons. The third-order valence-electron chi connectivity index (χ3n) is 5.91. The molecule has 0 spiro atoms. The van der Waals surface area contributed by atoms with Crippen molar-refractivity contribution in [1.82, 2.24) is 24.6 Å². The highest BCUT2D eigenvalue weighted by Gasteiger charge is 2.51. The summed E-state index contributed by atoms with van der Waals surface area (Å²) in [5.74, 6) is 0.181. The lowest BCUT2D eigenvalue weighted by atomic mass is 9.86. The Balaban J connectivity index is 1.33. The minimum atomic E-state index is -0.436. The van der Waals surface area contributed by atoms with Gasteiger partial charge in [0, 0.05) is 57.8 Å². The van der Waals surface area contributed by atoms with Crippen molar-refractivity contribution in [3.63, 3.8) is 0 Å². The molecule has 29 heavy (non-hydrogen) atoms. The molecule has 8 nitrogen and oxygen atoms in total. The number of aryl methyl sites for hydroxylation is 2. The average Bonchev–Trinajstić information content (AvgIpc) is 3.17. The molecule has 0 aromatic carbocycles. The zero-order chi connectivity index (χ0) is 20.4. The van der Waals surface area contributed by atoms with Crippen LogP contribution in [0.1, 0.15) is 36.4 Å². The third-order valence-corrected chi connectivity index (χ3v) is 5.91. The molecule has 0 unspecified atom stereocenters. The van der Waals surface area contributed by atoms with Crippen molar-refractivity contribution >= 4 is 11.8 Å². The first-order chi connectivity index (χ1) is 14.1. The molecule has 8 heteroatoms. The van der Waals surface area contributed by atoms with E-state index in [9.17, 15) is 9.59 Å². The number of amides is 2. The number of aromatic nitrogens is 3. The molecule has 2 atom stereocenters. The molecule has 2 fully saturated rings. The summed E-state index contributed by atoms with van der Waals surface area (Å²) >= 11 is 0. The Morgan fingerprint density at radius 3 is 2.59 bits per heavy atom. The van der Waals surface area contributed by atoms with E-state index < -0.39 is 6.10 Å². The van der Waals surface area contributed by atoms with Gasteiger partial charge in [-0.15, -0.1) is 0 Å². The van der Waals surface area contributed by atoms with E-state index in [2.05, 4.69) is 10.1 Å². The average molecular weight is 397 g/mol. The third kappa shape index (κ3) is 3.89. The molecule has 4 heterocycles. The number of hydrogen-bond donors (Lipinski definition) is 0. The van der Waals surface area contributed by atoms with Crippen LogP contribution in [-0.4, -0.2) is 68.7 Å². The molecule has 2 aromatic heterocycles. The standard InChI is InChI=1S/C21H27N5O3/c1-15-13-23-25(14-15)12-7-18(27)24-10-5-17(6-11-24)26-19(20(29-2)21(26)28)16-3-8-22-9-4-16/h3-4,8-9,13-14,17,19-20H,5-7,10-12H2,1-2H3/t19-,20+/m0/s1. The molecule has 0 saturated carbocycles. The molecule has 0 N–H and O–H groups in total. The van der Waals surface area contributed by atoms with E-state index >= 15 is 0 Å². The van der Waals surface area contributed by atoms with Crippen molar-refractivity contribution in [1.29, 1.82) is 0 Å². The van der Waals surface area contributed by atoms with E-state index in [1.807, 2.05) is 39.7 Å². The number of hydrogen-bond acceptors (Lipinski definition) is 5. The summed E-state index contributed by atoms with van der Waals surface area (Å²) in [5, 5.41) is 4.23. The minimum Gasteiger partial charge on any atom is -0.369 e. The second kappa shape index (κ2) is 8.32.